The maximum atomic E-state index is 12.8. The molecule has 6 heteroatoms. The zero-order chi connectivity index (χ0) is 22.8. The van der Waals surface area contributed by atoms with Crippen molar-refractivity contribution in [2.75, 3.05) is 39.4 Å². The highest BCUT2D eigenvalue weighted by Crippen LogP contribution is 2.17. The lowest BCUT2D eigenvalue weighted by Gasteiger charge is -2.22. The van der Waals surface area contributed by atoms with Crippen LogP contribution in [-0.2, 0) is 16.0 Å². The number of rotatable bonds is 9. The van der Waals surface area contributed by atoms with Crippen molar-refractivity contribution in [3.05, 3.63) is 59.7 Å². The molecule has 2 aromatic rings. The van der Waals surface area contributed by atoms with Gasteiger partial charge >= 0.3 is 0 Å². The molecule has 0 N–H and O–H groups in total. The van der Waals surface area contributed by atoms with Gasteiger partial charge in [0.05, 0.1) is 19.6 Å². The lowest BCUT2D eigenvalue weighted by Crippen LogP contribution is -2.38. The highest BCUT2D eigenvalue weighted by atomic mass is 16.5. The number of hydrogen-bond acceptors (Lipinski definition) is 4. The summed E-state index contributed by atoms with van der Waals surface area (Å²) in [6, 6.07) is 15.6. The predicted octanol–water partition coefficient (Wildman–Crippen LogP) is 3.86. The molecule has 0 atom stereocenters. The minimum Gasteiger partial charge on any atom is -0.494 e. The normalized spacial score (nSPS) is 14.1. The van der Waals surface area contributed by atoms with Crippen molar-refractivity contribution in [3.63, 3.8) is 0 Å². The number of amides is 2. The number of hydrogen-bond donors (Lipinski definition) is 0. The van der Waals surface area contributed by atoms with Gasteiger partial charge in [0.15, 0.2) is 0 Å². The van der Waals surface area contributed by atoms with Gasteiger partial charge in [0.25, 0.3) is 0 Å². The predicted molar refractivity (Wildman–Crippen MR) is 125 cm³/mol. The van der Waals surface area contributed by atoms with Crippen LogP contribution >= 0.6 is 0 Å². The van der Waals surface area contributed by atoms with E-state index in [0.717, 1.165) is 29.0 Å². The average Bonchev–Trinajstić information content (AvgIpc) is 3.06. The molecule has 0 aromatic heterocycles. The fraction of sp³-hybridized carbons (Fsp3) is 0.462. The summed E-state index contributed by atoms with van der Waals surface area (Å²) in [6.45, 7) is 7.68. The van der Waals surface area contributed by atoms with Gasteiger partial charge in [0.1, 0.15) is 11.5 Å². The molecule has 0 bridgehead atoms. The largest absolute Gasteiger partial charge is 0.494 e. The standard InChI is InChI=1S/C26H34N2O4/c1-3-31-23-13-11-22(12-14-23)20-26(30)28-16-7-15-27(17-18-28)25(29)10-6-19-32-24-9-5-4-8-21(24)2/h4-5,8-9,11-14H,3,6-7,10,15-20H2,1-2H3. The Kier molecular flexibility index (Phi) is 8.96. The lowest BCUT2D eigenvalue weighted by molar-refractivity contribution is -0.133. The number of carbonyl (C=O) groups excluding carboxylic acids is 2. The van der Waals surface area contributed by atoms with E-state index >= 15 is 0 Å². The van der Waals surface area contributed by atoms with Crippen molar-refractivity contribution in [3.8, 4) is 11.5 Å². The second kappa shape index (κ2) is 12.1. The Bertz CT molecular complexity index is 882. The maximum absolute atomic E-state index is 12.8. The van der Waals surface area contributed by atoms with Crippen LogP contribution in [0.2, 0.25) is 0 Å². The van der Waals surface area contributed by atoms with Crippen molar-refractivity contribution in [1.82, 2.24) is 9.80 Å². The van der Waals surface area contributed by atoms with Crippen molar-refractivity contribution in [1.29, 1.82) is 0 Å². The van der Waals surface area contributed by atoms with E-state index in [4.69, 9.17) is 9.47 Å². The Balaban J connectivity index is 1.40. The van der Waals surface area contributed by atoms with Crippen LogP contribution in [0.15, 0.2) is 48.5 Å². The van der Waals surface area contributed by atoms with Crippen molar-refractivity contribution in [2.45, 2.75) is 39.5 Å². The van der Waals surface area contributed by atoms with E-state index in [0.29, 0.717) is 58.7 Å². The van der Waals surface area contributed by atoms with Crippen LogP contribution in [0.5, 0.6) is 11.5 Å². The van der Waals surface area contributed by atoms with Gasteiger partial charge in [0.2, 0.25) is 11.8 Å². The minimum atomic E-state index is 0.107. The molecule has 1 fully saturated rings. The Labute approximate surface area is 191 Å². The molecule has 2 amide bonds. The van der Waals surface area contributed by atoms with Crippen LogP contribution in [0, 0.1) is 6.92 Å². The fourth-order valence-electron chi connectivity index (χ4n) is 3.85. The number of aryl methyl sites for hydroxylation is 1. The maximum Gasteiger partial charge on any atom is 0.227 e. The SMILES string of the molecule is CCOc1ccc(CC(=O)N2CCCN(C(=O)CCCOc3ccccc3C)CC2)cc1. The van der Waals surface area contributed by atoms with Crippen LogP contribution in [0.4, 0.5) is 0 Å². The third-order valence-electron chi connectivity index (χ3n) is 5.68. The minimum absolute atomic E-state index is 0.107. The molecule has 1 saturated heterocycles. The van der Waals surface area contributed by atoms with Crippen LogP contribution in [0.3, 0.4) is 0 Å². The summed E-state index contributed by atoms with van der Waals surface area (Å²) in [4.78, 5) is 29.2. The number of benzene rings is 2. The summed E-state index contributed by atoms with van der Waals surface area (Å²) in [6.07, 6.45) is 2.33. The van der Waals surface area contributed by atoms with Gasteiger partial charge in [-0.15, -0.1) is 0 Å². The van der Waals surface area contributed by atoms with Gasteiger partial charge in [-0.05, 0) is 56.0 Å². The molecule has 172 valence electrons. The first-order valence-electron chi connectivity index (χ1n) is 11.5. The average molecular weight is 439 g/mol. The molecule has 2 aromatic carbocycles. The van der Waals surface area contributed by atoms with Crippen molar-refractivity contribution in [2.24, 2.45) is 0 Å². The van der Waals surface area contributed by atoms with Crippen molar-refractivity contribution < 1.29 is 19.1 Å². The smallest absolute Gasteiger partial charge is 0.227 e. The zero-order valence-electron chi connectivity index (χ0n) is 19.2. The molecular weight excluding hydrogens is 404 g/mol. The fourth-order valence-corrected chi connectivity index (χ4v) is 3.85. The molecular formula is C26H34N2O4. The third kappa shape index (κ3) is 7.01. The first-order valence-corrected chi connectivity index (χ1v) is 11.5. The zero-order valence-corrected chi connectivity index (χ0v) is 19.2. The molecule has 1 aliphatic heterocycles. The Morgan fingerprint density at radius 3 is 2.25 bits per heavy atom. The molecule has 1 heterocycles. The molecule has 0 aliphatic carbocycles. The number of nitrogens with zero attached hydrogens (tertiary/aromatic N) is 2. The van der Waals surface area contributed by atoms with E-state index in [1.807, 2.05) is 72.2 Å². The highest BCUT2D eigenvalue weighted by molar-refractivity contribution is 5.79. The number of ether oxygens (including phenoxy) is 2. The molecule has 0 spiro atoms. The van der Waals surface area contributed by atoms with E-state index in [1.165, 1.54) is 0 Å². The summed E-state index contributed by atoms with van der Waals surface area (Å²) in [7, 11) is 0. The first kappa shape index (κ1) is 23.6. The summed E-state index contributed by atoms with van der Waals surface area (Å²) in [5, 5.41) is 0. The summed E-state index contributed by atoms with van der Waals surface area (Å²) >= 11 is 0. The molecule has 1 aliphatic rings. The molecule has 32 heavy (non-hydrogen) atoms. The van der Waals surface area contributed by atoms with Crippen molar-refractivity contribution >= 4 is 11.8 Å². The van der Waals surface area contributed by atoms with Crippen LogP contribution in [0.1, 0.15) is 37.3 Å². The van der Waals surface area contributed by atoms with Gasteiger partial charge < -0.3 is 19.3 Å². The topological polar surface area (TPSA) is 59.1 Å². The van der Waals surface area contributed by atoms with Gasteiger partial charge in [0, 0.05) is 32.6 Å². The number of carbonyl (C=O) groups is 2. The highest BCUT2D eigenvalue weighted by Gasteiger charge is 2.22. The van der Waals surface area contributed by atoms with E-state index in [9.17, 15) is 9.59 Å². The Morgan fingerprint density at radius 1 is 0.875 bits per heavy atom. The van der Waals surface area contributed by atoms with Gasteiger partial charge in [-0.25, -0.2) is 0 Å². The van der Waals surface area contributed by atoms with Crippen LogP contribution in [-0.4, -0.2) is 61.0 Å². The Hall–Kier alpha value is -3.02. The lowest BCUT2D eigenvalue weighted by atomic mass is 10.1. The van der Waals surface area contributed by atoms with Gasteiger partial charge in [-0.3, -0.25) is 9.59 Å². The van der Waals surface area contributed by atoms with Crippen LogP contribution in [0.25, 0.3) is 0 Å². The van der Waals surface area contributed by atoms with E-state index in [-0.39, 0.29) is 11.8 Å². The van der Waals surface area contributed by atoms with E-state index in [1.54, 1.807) is 0 Å². The molecule has 6 nitrogen and oxygen atoms in total. The summed E-state index contributed by atoms with van der Waals surface area (Å²) < 4.78 is 11.2. The van der Waals surface area contributed by atoms with E-state index < -0.39 is 0 Å². The summed E-state index contributed by atoms with van der Waals surface area (Å²) in [5.41, 5.74) is 2.07. The monoisotopic (exact) mass is 438 g/mol. The quantitative estimate of drug-likeness (QED) is 0.558. The summed E-state index contributed by atoms with van der Waals surface area (Å²) in [5.74, 6) is 1.93. The molecule has 0 radical (unpaired) electrons. The third-order valence-corrected chi connectivity index (χ3v) is 5.68. The van der Waals surface area contributed by atoms with Gasteiger partial charge in [-0.2, -0.15) is 0 Å². The molecule has 0 saturated carbocycles. The number of para-hydroxylation sites is 1. The first-order chi connectivity index (χ1) is 15.6. The molecule has 0 unspecified atom stereocenters. The van der Waals surface area contributed by atoms with E-state index in [2.05, 4.69) is 0 Å². The molecule has 3 rings (SSSR count). The van der Waals surface area contributed by atoms with Gasteiger partial charge in [-0.1, -0.05) is 30.3 Å². The second-order valence-electron chi connectivity index (χ2n) is 8.09. The Morgan fingerprint density at radius 2 is 1.56 bits per heavy atom. The second-order valence-corrected chi connectivity index (χ2v) is 8.09. The van der Waals surface area contributed by atoms with Crippen LogP contribution < -0.4 is 9.47 Å².